The van der Waals surface area contributed by atoms with E-state index in [9.17, 15) is 9.59 Å². The topological polar surface area (TPSA) is 70.6 Å². The minimum Gasteiger partial charge on any atom is -0.316 e. The van der Waals surface area contributed by atoms with Crippen LogP contribution in [-0.2, 0) is 9.59 Å². The molecule has 2 N–H and O–H groups in total. The maximum Gasteiger partial charge on any atom is 0.329 e. The van der Waals surface area contributed by atoms with Gasteiger partial charge in [0, 0.05) is 5.02 Å². The van der Waals surface area contributed by atoms with Crippen LogP contribution in [-0.4, -0.2) is 18.0 Å². The Morgan fingerprint density at radius 3 is 2.35 bits per heavy atom. The summed E-state index contributed by atoms with van der Waals surface area (Å²) in [6.45, 7) is 0. The van der Waals surface area contributed by atoms with E-state index >= 15 is 0 Å². The summed E-state index contributed by atoms with van der Waals surface area (Å²) >= 11 is 17.5. The summed E-state index contributed by atoms with van der Waals surface area (Å²) in [5, 5.41) is 7.04. The maximum absolute atomic E-state index is 11.7. The number of rotatable bonds is 3. The Morgan fingerprint density at radius 2 is 1.65 bits per heavy atom. The van der Waals surface area contributed by atoms with Gasteiger partial charge in [-0.25, -0.2) is 5.43 Å². The predicted octanol–water partition coefficient (Wildman–Crippen LogP) is 3.74. The highest BCUT2D eigenvalue weighted by molar-refractivity contribution is 6.45. The number of nitrogens with zero attached hydrogens (tertiary/aromatic N) is 1. The minimum atomic E-state index is -0.939. The van der Waals surface area contributed by atoms with Crippen molar-refractivity contribution in [1.82, 2.24) is 5.43 Å². The molecule has 0 saturated carbocycles. The van der Waals surface area contributed by atoms with Crippen LogP contribution in [0.4, 0.5) is 5.69 Å². The molecule has 5 nitrogen and oxygen atoms in total. The molecule has 2 aromatic rings. The van der Waals surface area contributed by atoms with Gasteiger partial charge in [0.25, 0.3) is 0 Å². The highest BCUT2D eigenvalue weighted by Crippen LogP contribution is 2.29. The molecular weight excluding hydrogens is 361 g/mol. The largest absolute Gasteiger partial charge is 0.329 e. The van der Waals surface area contributed by atoms with E-state index in [1.165, 1.54) is 12.3 Å². The number of amides is 2. The monoisotopic (exact) mass is 369 g/mol. The molecule has 0 radical (unpaired) electrons. The zero-order valence-corrected chi connectivity index (χ0v) is 13.8. The van der Waals surface area contributed by atoms with E-state index in [4.69, 9.17) is 34.8 Å². The zero-order valence-electron chi connectivity index (χ0n) is 11.5. The van der Waals surface area contributed by atoms with Crippen LogP contribution >= 0.6 is 34.8 Å². The lowest BCUT2D eigenvalue weighted by atomic mass is 10.2. The van der Waals surface area contributed by atoms with Gasteiger partial charge in [0.2, 0.25) is 0 Å². The van der Waals surface area contributed by atoms with Crippen molar-refractivity contribution in [1.29, 1.82) is 0 Å². The van der Waals surface area contributed by atoms with Gasteiger partial charge >= 0.3 is 11.8 Å². The van der Waals surface area contributed by atoms with Gasteiger partial charge in [0.15, 0.2) is 0 Å². The van der Waals surface area contributed by atoms with Gasteiger partial charge in [-0.15, -0.1) is 0 Å². The SMILES string of the molecule is O=C(N/N=C\c1ccc(Cl)cc1)C(=O)Nc1cccc(Cl)c1Cl. The molecule has 0 unspecified atom stereocenters. The van der Waals surface area contributed by atoms with Gasteiger partial charge in [-0.1, -0.05) is 53.0 Å². The van der Waals surface area contributed by atoms with Crippen LogP contribution in [0.3, 0.4) is 0 Å². The first-order chi connectivity index (χ1) is 11.0. The van der Waals surface area contributed by atoms with Crippen LogP contribution in [0.1, 0.15) is 5.56 Å². The highest BCUT2D eigenvalue weighted by Gasteiger charge is 2.15. The molecule has 23 heavy (non-hydrogen) atoms. The van der Waals surface area contributed by atoms with E-state index in [1.807, 2.05) is 0 Å². The number of hydrogen-bond donors (Lipinski definition) is 2. The van der Waals surface area contributed by atoms with Gasteiger partial charge in [-0.2, -0.15) is 5.10 Å². The molecule has 2 rings (SSSR count). The van der Waals surface area contributed by atoms with Gasteiger partial charge in [0.1, 0.15) is 0 Å². The van der Waals surface area contributed by atoms with E-state index in [0.29, 0.717) is 10.6 Å². The molecular formula is C15H10Cl3N3O2. The Morgan fingerprint density at radius 1 is 0.957 bits per heavy atom. The van der Waals surface area contributed by atoms with Gasteiger partial charge in [-0.05, 0) is 29.8 Å². The van der Waals surface area contributed by atoms with E-state index in [1.54, 1.807) is 36.4 Å². The molecule has 0 aliphatic heterocycles. The van der Waals surface area contributed by atoms with E-state index in [2.05, 4.69) is 15.8 Å². The molecule has 0 spiro atoms. The second-order valence-corrected chi connectivity index (χ2v) is 5.53. The number of carbonyl (C=O) groups is 2. The minimum absolute atomic E-state index is 0.153. The number of carbonyl (C=O) groups excluding carboxylic acids is 2. The van der Waals surface area contributed by atoms with Crippen LogP contribution in [0.15, 0.2) is 47.6 Å². The van der Waals surface area contributed by atoms with Crippen molar-refractivity contribution in [2.24, 2.45) is 5.10 Å². The first-order valence-electron chi connectivity index (χ1n) is 6.31. The lowest BCUT2D eigenvalue weighted by Crippen LogP contribution is -2.32. The molecule has 118 valence electrons. The second kappa shape index (κ2) is 7.97. The molecule has 0 aromatic heterocycles. The fourth-order valence-electron chi connectivity index (χ4n) is 1.54. The quantitative estimate of drug-likeness (QED) is 0.491. The summed E-state index contributed by atoms with van der Waals surface area (Å²) in [6.07, 6.45) is 1.38. The average molecular weight is 371 g/mol. The Kier molecular flexibility index (Phi) is 5.98. The van der Waals surface area contributed by atoms with Crippen molar-refractivity contribution in [3.8, 4) is 0 Å². The number of hydrazone groups is 1. The second-order valence-electron chi connectivity index (χ2n) is 4.31. The summed E-state index contributed by atoms with van der Waals surface area (Å²) in [6, 6.07) is 11.5. The van der Waals surface area contributed by atoms with Crippen LogP contribution in [0.25, 0.3) is 0 Å². The molecule has 0 aliphatic rings. The van der Waals surface area contributed by atoms with Crippen molar-refractivity contribution in [2.75, 3.05) is 5.32 Å². The van der Waals surface area contributed by atoms with Crippen molar-refractivity contribution in [2.45, 2.75) is 0 Å². The first kappa shape index (κ1) is 17.3. The smallest absolute Gasteiger partial charge is 0.316 e. The molecule has 0 aliphatic carbocycles. The van der Waals surface area contributed by atoms with Crippen molar-refractivity contribution in [3.63, 3.8) is 0 Å². The van der Waals surface area contributed by atoms with Gasteiger partial charge in [-0.3, -0.25) is 9.59 Å². The number of halogens is 3. The first-order valence-corrected chi connectivity index (χ1v) is 7.44. The molecule has 0 saturated heterocycles. The Hall–Kier alpha value is -2.08. The Balaban J connectivity index is 1.94. The van der Waals surface area contributed by atoms with Crippen LogP contribution in [0.5, 0.6) is 0 Å². The highest BCUT2D eigenvalue weighted by atomic mass is 35.5. The van der Waals surface area contributed by atoms with Crippen LogP contribution < -0.4 is 10.7 Å². The summed E-state index contributed by atoms with van der Waals surface area (Å²) in [5.74, 6) is -1.85. The van der Waals surface area contributed by atoms with E-state index < -0.39 is 11.8 Å². The zero-order chi connectivity index (χ0) is 16.8. The van der Waals surface area contributed by atoms with Crippen LogP contribution in [0.2, 0.25) is 15.1 Å². The van der Waals surface area contributed by atoms with Crippen molar-refractivity contribution in [3.05, 3.63) is 63.1 Å². The molecule has 2 aromatic carbocycles. The summed E-state index contributed by atoms with van der Waals surface area (Å²) in [4.78, 5) is 23.4. The Labute approximate surface area is 147 Å². The number of benzene rings is 2. The van der Waals surface area contributed by atoms with Crippen molar-refractivity contribution >= 4 is 58.5 Å². The third-order valence-corrected chi connectivity index (χ3v) is 3.73. The fraction of sp³-hybridized carbons (Fsp3) is 0. The van der Waals surface area contributed by atoms with Gasteiger partial charge < -0.3 is 5.32 Å². The third-order valence-electron chi connectivity index (χ3n) is 2.66. The fourth-order valence-corrected chi connectivity index (χ4v) is 2.02. The normalized spacial score (nSPS) is 10.6. The Bertz CT molecular complexity index is 761. The molecule has 2 amide bonds. The van der Waals surface area contributed by atoms with E-state index in [0.717, 1.165) is 0 Å². The molecule has 0 bridgehead atoms. The molecule has 8 heteroatoms. The lowest BCUT2D eigenvalue weighted by Gasteiger charge is -2.06. The molecule has 0 heterocycles. The average Bonchev–Trinajstić information content (AvgIpc) is 2.53. The lowest BCUT2D eigenvalue weighted by molar-refractivity contribution is -0.136. The number of anilines is 1. The van der Waals surface area contributed by atoms with Crippen LogP contribution in [0, 0.1) is 0 Å². The summed E-state index contributed by atoms with van der Waals surface area (Å²) in [5.41, 5.74) is 3.06. The maximum atomic E-state index is 11.7. The number of nitrogens with one attached hydrogen (secondary N) is 2. The van der Waals surface area contributed by atoms with Crippen molar-refractivity contribution < 1.29 is 9.59 Å². The summed E-state index contributed by atoms with van der Waals surface area (Å²) in [7, 11) is 0. The standard InChI is InChI=1S/C15H10Cl3N3O2/c16-10-6-4-9(5-7-10)8-19-21-15(23)14(22)20-12-3-1-2-11(17)13(12)18/h1-8H,(H,20,22)(H,21,23)/b19-8-. The van der Waals surface area contributed by atoms with Gasteiger partial charge in [0.05, 0.1) is 21.9 Å². The third kappa shape index (κ3) is 4.96. The van der Waals surface area contributed by atoms with E-state index in [-0.39, 0.29) is 15.7 Å². The molecule has 0 fully saturated rings. The predicted molar refractivity (Wildman–Crippen MR) is 92.3 cm³/mol. The number of hydrogen-bond acceptors (Lipinski definition) is 3. The molecule has 0 atom stereocenters. The summed E-state index contributed by atoms with van der Waals surface area (Å²) < 4.78 is 0.